The van der Waals surface area contributed by atoms with Gasteiger partial charge in [-0.3, -0.25) is 0 Å². The number of rotatable bonds is 6. The molecule has 1 rings (SSSR count). The third-order valence-corrected chi connectivity index (χ3v) is 2.26. The Morgan fingerprint density at radius 1 is 1.25 bits per heavy atom. The van der Waals surface area contributed by atoms with Gasteiger partial charge < -0.3 is 14.6 Å². The molecule has 3 nitrogen and oxygen atoms in total. The van der Waals surface area contributed by atoms with Crippen LogP contribution in [0, 0.1) is 6.92 Å². The average Bonchev–Trinajstić information content (AvgIpc) is 2.29. The standard InChI is InChI=1S/C13H19O3/c1-4-15-11-6-7-12(10(3)9-14)13(8-11)16-5-2/h6-8,10,14H,3-5,9H2,1-2H3. The summed E-state index contributed by atoms with van der Waals surface area (Å²) in [5.74, 6) is 1.35. The van der Waals surface area contributed by atoms with E-state index < -0.39 is 0 Å². The van der Waals surface area contributed by atoms with Gasteiger partial charge in [-0.05, 0) is 32.4 Å². The lowest BCUT2D eigenvalue weighted by atomic mass is 10.0. The summed E-state index contributed by atoms with van der Waals surface area (Å²) in [5, 5.41) is 9.10. The molecule has 3 heteroatoms. The van der Waals surface area contributed by atoms with Crippen LogP contribution in [0.2, 0.25) is 0 Å². The minimum absolute atomic E-state index is 0.00799. The van der Waals surface area contributed by atoms with Crippen LogP contribution in [-0.2, 0) is 0 Å². The molecule has 0 aliphatic carbocycles. The van der Waals surface area contributed by atoms with E-state index >= 15 is 0 Å². The molecule has 0 aliphatic heterocycles. The van der Waals surface area contributed by atoms with E-state index in [1.165, 1.54) is 0 Å². The molecular weight excluding hydrogens is 204 g/mol. The summed E-state index contributed by atoms with van der Waals surface area (Å²) in [7, 11) is 0. The van der Waals surface area contributed by atoms with Crippen molar-refractivity contribution in [2.24, 2.45) is 0 Å². The quantitative estimate of drug-likeness (QED) is 0.804. The van der Waals surface area contributed by atoms with Crippen LogP contribution in [0.1, 0.15) is 25.3 Å². The predicted molar refractivity (Wildman–Crippen MR) is 64.0 cm³/mol. The second kappa shape index (κ2) is 6.38. The minimum atomic E-state index is -0.169. The Kier molecular flexibility index (Phi) is 5.12. The molecule has 0 heterocycles. The first kappa shape index (κ1) is 12.8. The van der Waals surface area contributed by atoms with Crippen molar-refractivity contribution in [3.05, 3.63) is 30.7 Å². The van der Waals surface area contributed by atoms with Gasteiger partial charge in [-0.15, -0.1) is 0 Å². The maximum absolute atomic E-state index is 9.10. The van der Waals surface area contributed by atoms with E-state index in [1.807, 2.05) is 32.0 Å². The molecule has 1 aromatic carbocycles. The fourth-order valence-electron chi connectivity index (χ4n) is 1.49. The van der Waals surface area contributed by atoms with Gasteiger partial charge in [0.25, 0.3) is 0 Å². The fraction of sp³-hybridized carbons (Fsp3) is 0.462. The molecule has 16 heavy (non-hydrogen) atoms. The van der Waals surface area contributed by atoms with Gasteiger partial charge in [0.2, 0.25) is 0 Å². The summed E-state index contributed by atoms with van der Waals surface area (Å²) < 4.78 is 10.9. The lowest BCUT2D eigenvalue weighted by molar-refractivity contribution is 0.275. The molecule has 1 atom stereocenters. The third-order valence-electron chi connectivity index (χ3n) is 2.26. The fourth-order valence-corrected chi connectivity index (χ4v) is 1.49. The van der Waals surface area contributed by atoms with Crippen LogP contribution in [0.5, 0.6) is 11.5 Å². The largest absolute Gasteiger partial charge is 0.494 e. The summed E-state index contributed by atoms with van der Waals surface area (Å²) in [6, 6.07) is 5.61. The van der Waals surface area contributed by atoms with Crippen LogP contribution >= 0.6 is 0 Å². The normalized spacial score (nSPS) is 12.2. The number of aliphatic hydroxyl groups excluding tert-OH is 1. The van der Waals surface area contributed by atoms with Gasteiger partial charge in [0.15, 0.2) is 0 Å². The predicted octanol–water partition coefficient (Wildman–Crippen LogP) is 2.39. The summed E-state index contributed by atoms with van der Waals surface area (Å²) in [4.78, 5) is 0. The van der Waals surface area contributed by atoms with Gasteiger partial charge in [-0.2, -0.15) is 0 Å². The number of aliphatic hydroxyl groups is 1. The van der Waals surface area contributed by atoms with Crippen molar-refractivity contribution in [2.45, 2.75) is 19.8 Å². The first-order chi connectivity index (χ1) is 7.72. The highest BCUT2D eigenvalue weighted by Gasteiger charge is 2.12. The Hall–Kier alpha value is -1.22. The van der Waals surface area contributed by atoms with Crippen LogP contribution in [0.4, 0.5) is 0 Å². The molecule has 89 valence electrons. The van der Waals surface area contributed by atoms with Gasteiger partial charge >= 0.3 is 0 Å². The van der Waals surface area contributed by atoms with Crippen molar-refractivity contribution >= 4 is 0 Å². The van der Waals surface area contributed by atoms with Crippen molar-refractivity contribution in [2.75, 3.05) is 19.8 Å². The van der Waals surface area contributed by atoms with Gasteiger partial charge in [0, 0.05) is 12.0 Å². The highest BCUT2D eigenvalue weighted by molar-refractivity contribution is 5.43. The second-order valence-electron chi connectivity index (χ2n) is 3.45. The molecular formula is C13H19O3. The Morgan fingerprint density at radius 2 is 1.94 bits per heavy atom. The topological polar surface area (TPSA) is 38.7 Å². The Balaban J connectivity index is 2.98. The van der Waals surface area contributed by atoms with E-state index in [0.717, 1.165) is 17.1 Å². The smallest absolute Gasteiger partial charge is 0.126 e. The number of hydrogen-bond donors (Lipinski definition) is 1. The second-order valence-corrected chi connectivity index (χ2v) is 3.45. The van der Waals surface area contributed by atoms with Crippen LogP contribution in [-0.4, -0.2) is 24.9 Å². The molecule has 1 N–H and O–H groups in total. The van der Waals surface area contributed by atoms with Gasteiger partial charge in [0.1, 0.15) is 11.5 Å². The lowest BCUT2D eigenvalue weighted by Gasteiger charge is -2.15. The minimum Gasteiger partial charge on any atom is -0.494 e. The highest BCUT2D eigenvalue weighted by atomic mass is 16.5. The maximum atomic E-state index is 9.10. The zero-order valence-corrected chi connectivity index (χ0v) is 9.90. The van der Waals surface area contributed by atoms with Crippen molar-refractivity contribution in [3.63, 3.8) is 0 Å². The maximum Gasteiger partial charge on any atom is 0.126 e. The molecule has 1 unspecified atom stereocenters. The molecule has 1 aromatic rings. The summed E-state index contributed by atoms with van der Waals surface area (Å²) >= 11 is 0. The van der Waals surface area contributed by atoms with Gasteiger partial charge in [-0.1, -0.05) is 6.07 Å². The van der Waals surface area contributed by atoms with E-state index in [4.69, 9.17) is 14.6 Å². The first-order valence-electron chi connectivity index (χ1n) is 5.56. The van der Waals surface area contributed by atoms with Gasteiger partial charge in [-0.25, -0.2) is 0 Å². The third kappa shape index (κ3) is 3.14. The summed E-state index contributed by atoms with van der Waals surface area (Å²) in [6.45, 7) is 8.95. The first-order valence-corrected chi connectivity index (χ1v) is 5.56. The zero-order valence-electron chi connectivity index (χ0n) is 9.90. The number of ether oxygens (including phenoxy) is 2. The van der Waals surface area contributed by atoms with Crippen LogP contribution in [0.15, 0.2) is 18.2 Å². The molecule has 0 fully saturated rings. The van der Waals surface area contributed by atoms with Crippen LogP contribution in [0.3, 0.4) is 0 Å². The van der Waals surface area contributed by atoms with E-state index in [2.05, 4.69) is 6.92 Å². The van der Waals surface area contributed by atoms with E-state index in [9.17, 15) is 0 Å². The molecule has 0 saturated carbocycles. The van der Waals surface area contributed by atoms with Crippen molar-refractivity contribution < 1.29 is 14.6 Å². The SMILES string of the molecule is [CH2]C(CO)c1ccc(OCC)cc1OCC. The lowest BCUT2D eigenvalue weighted by Crippen LogP contribution is -2.04. The molecule has 0 amide bonds. The highest BCUT2D eigenvalue weighted by Crippen LogP contribution is 2.30. The van der Waals surface area contributed by atoms with Crippen LogP contribution in [0.25, 0.3) is 0 Å². The molecule has 0 aromatic heterocycles. The monoisotopic (exact) mass is 223 g/mol. The summed E-state index contributed by atoms with van der Waals surface area (Å²) in [5.41, 5.74) is 0.910. The van der Waals surface area contributed by atoms with Gasteiger partial charge in [0.05, 0.1) is 19.8 Å². The van der Waals surface area contributed by atoms with E-state index in [0.29, 0.717) is 13.2 Å². The van der Waals surface area contributed by atoms with E-state index in [-0.39, 0.29) is 12.5 Å². The average molecular weight is 223 g/mol. The molecule has 0 spiro atoms. The number of benzene rings is 1. The zero-order chi connectivity index (χ0) is 12.0. The Morgan fingerprint density at radius 3 is 2.50 bits per heavy atom. The summed E-state index contributed by atoms with van der Waals surface area (Å²) in [6.07, 6.45) is 0. The molecule has 0 saturated heterocycles. The van der Waals surface area contributed by atoms with Crippen molar-refractivity contribution in [1.82, 2.24) is 0 Å². The molecule has 1 radical (unpaired) electrons. The van der Waals surface area contributed by atoms with Crippen molar-refractivity contribution in [1.29, 1.82) is 0 Å². The molecule has 0 aliphatic rings. The number of hydrogen-bond acceptors (Lipinski definition) is 3. The Bertz CT molecular complexity index is 323. The van der Waals surface area contributed by atoms with Crippen LogP contribution < -0.4 is 9.47 Å². The van der Waals surface area contributed by atoms with Crippen molar-refractivity contribution in [3.8, 4) is 11.5 Å². The molecule has 0 bridgehead atoms. The van der Waals surface area contributed by atoms with E-state index in [1.54, 1.807) is 0 Å². The Labute approximate surface area is 97.0 Å².